The van der Waals surface area contributed by atoms with Crippen LogP contribution in [0.25, 0.3) is 10.8 Å². The van der Waals surface area contributed by atoms with Crippen LogP contribution in [0, 0.1) is 6.42 Å². The lowest BCUT2D eigenvalue weighted by molar-refractivity contribution is 0.415. The molecule has 17 heavy (non-hydrogen) atoms. The summed E-state index contributed by atoms with van der Waals surface area (Å²) in [6.45, 7) is 3.71. The zero-order chi connectivity index (χ0) is 12.1. The minimum absolute atomic E-state index is 0.914. The smallest absolute Gasteiger partial charge is 0.119 e. The molecule has 0 amide bonds. The number of rotatable bonds is 5. The van der Waals surface area contributed by atoms with Crippen LogP contribution in [0.5, 0.6) is 5.75 Å². The molecule has 2 rings (SSSR count). The summed E-state index contributed by atoms with van der Waals surface area (Å²) >= 11 is 0. The molecule has 0 atom stereocenters. The molecule has 1 radical (unpaired) electrons. The van der Waals surface area contributed by atoms with E-state index in [-0.39, 0.29) is 0 Å². The molecular weight excluding hydrogens is 208 g/mol. The SMILES string of the molecule is C=C[CH]CCc1cccc2ccc(OC)cc12. The molecule has 0 aliphatic heterocycles. The number of aryl methyl sites for hydroxylation is 1. The minimum atomic E-state index is 0.914. The van der Waals surface area contributed by atoms with Gasteiger partial charge in [0.1, 0.15) is 5.75 Å². The second-order valence-corrected chi connectivity index (χ2v) is 4.01. The summed E-state index contributed by atoms with van der Waals surface area (Å²) in [5.41, 5.74) is 1.36. The van der Waals surface area contributed by atoms with Crippen LogP contribution in [0.3, 0.4) is 0 Å². The van der Waals surface area contributed by atoms with Crippen molar-refractivity contribution in [3.05, 3.63) is 61.0 Å². The first-order chi connectivity index (χ1) is 8.35. The number of methoxy groups -OCH3 is 1. The summed E-state index contributed by atoms with van der Waals surface area (Å²) in [6, 6.07) is 12.6. The molecule has 0 aromatic heterocycles. The summed E-state index contributed by atoms with van der Waals surface area (Å²) in [7, 11) is 1.70. The second-order valence-electron chi connectivity index (χ2n) is 4.01. The van der Waals surface area contributed by atoms with Gasteiger partial charge in [0, 0.05) is 0 Å². The lowest BCUT2D eigenvalue weighted by Crippen LogP contribution is -1.89. The average molecular weight is 225 g/mol. The van der Waals surface area contributed by atoms with Crippen LogP contribution in [0.4, 0.5) is 0 Å². The van der Waals surface area contributed by atoms with Crippen LogP contribution in [0.1, 0.15) is 12.0 Å². The van der Waals surface area contributed by atoms with Gasteiger partial charge in [0.05, 0.1) is 7.11 Å². The van der Waals surface area contributed by atoms with Crippen LogP contribution in [-0.2, 0) is 6.42 Å². The lowest BCUT2D eigenvalue weighted by atomic mass is 10.00. The van der Waals surface area contributed by atoms with E-state index in [1.807, 2.05) is 12.1 Å². The molecule has 0 aliphatic rings. The molecule has 2 aromatic rings. The largest absolute Gasteiger partial charge is 0.497 e. The van der Waals surface area contributed by atoms with E-state index in [0.717, 1.165) is 18.6 Å². The Labute approximate surface area is 103 Å². The average Bonchev–Trinajstić information content (AvgIpc) is 2.39. The summed E-state index contributed by atoms with van der Waals surface area (Å²) in [5.74, 6) is 0.914. The molecule has 0 unspecified atom stereocenters. The van der Waals surface area contributed by atoms with Gasteiger partial charge in [-0.05, 0) is 47.7 Å². The third-order valence-corrected chi connectivity index (χ3v) is 2.93. The molecule has 0 aliphatic carbocycles. The Hall–Kier alpha value is -1.76. The Balaban J connectivity index is 2.36. The highest BCUT2D eigenvalue weighted by molar-refractivity contribution is 5.87. The predicted molar refractivity (Wildman–Crippen MR) is 73.3 cm³/mol. The molecule has 1 heteroatoms. The topological polar surface area (TPSA) is 9.23 Å². The molecule has 0 saturated carbocycles. The maximum Gasteiger partial charge on any atom is 0.119 e. The van der Waals surface area contributed by atoms with Gasteiger partial charge >= 0.3 is 0 Å². The van der Waals surface area contributed by atoms with Crippen LogP contribution in [0.15, 0.2) is 49.1 Å². The summed E-state index contributed by atoms with van der Waals surface area (Å²) in [6.07, 6.45) is 6.01. The molecule has 0 heterocycles. The summed E-state index contributed by atoms with van der Waals surface area (Å²) in [4.78, 5) is 0. The molecule has 2 aromatic carbocycles. The van der Waals surface area contributed by atoms with Crippen molar-refractivity contribution >= 4 is 10.8 Å². The van der Waals surface area contributed by atoms with Gasteiger partial charge in [-0.2, -0.15) is 0 Å². The van der Waals surface area contributed by atoms with E-state index in [2.05, 4.69) is 43.3 Å². The maximum atomic E-state index is 5.28. The second kappa shape index (κ2) is 5.53. The van der Waals surface area contributed by atoms with Crippen molar-refractivity contribution in [2.24, 2.45) is 0 Å². The molecule has 1 nitrogen and oxygen atoms in total. The number of unbranched alkanes of at least 4 members (excludes halogenated alkanes) is 1. The van der Waals surface area contributed by atoms with E-state index >= 15 is 0 Å². The Morgan fingerprint density at radius 2 is 2.12 bits per heavy atom. The zero-order valence-electron chi connectivity index (χ0n) is 10.1. The minimum Gasteiger partial charge on any atom is -0.497 e. The lowest BCUT2D eigenvalue weighted by Gasteiger charge is -2.07. The van der Waals surface area contributed by atoms with E-state index in [4.69, 9.17) is 4.74 Å². The zero-order valence-corrected chi connectivity index (χ0v) is 10.1. The number of ether oxygens (including phenoxy) is 1. The first kappa shape index (κ1) is 11.7. The van der Waals surface area contributed by atoms with Crippen LogP contribution in [-0.4, -0.2) is 7.11 Å². The van der Waals surface area contributed by atoms with Crippen molar-refractivity contribution in [2.75, 3.05) is 7.11 Å². The maximum absolute atomic E-state index is 5.28. The monoisotopic (exact) mass is 225 g/mol. The number of fused-ring (bicyclic) bond motifs is 1. The van der Waals surface area contributed by atoms with Gasteiger partial charge in [0.25, 0.3) is 0 Å². The van der Waals surface area contributed by atoms with Gasteiger partial charge in [0.15, 0.2) is 0 Å². The third kappa shape index (κ3) is 2.68. The van der Waals surface area contributed by atoms with Gasteiger partial charge in [-0.3, -0.25) is 0 Å². The summed E-state index contributed by atoms with van der Waals surface area (Å²) < 4.78 is 5.28. The fourth-order valence-electron chi connectivity index (χ4n) is 2.02. The van der Waals surface area contributed by atoms with Crippen LogP contribution in [0.2, 0.25) is 0 Å². The number of hydrogen-bond donors (Lipinski definition) is 0. The Kier molecular flexibility index (Phi) is 3.81. The van der Waals surface area contributed by atoms with E-state index in [1.54, 1.807) is 7.11 Å². The number of allylic oxidation sites excluding steroid dienone is 1. The first-order valence-electron chi connectivity index (χ1n) is 5.85. The molecule has 0 bridgehead atoms. The van der Waals surface area contributed by atoms with Crippen molar-refractivity contribution in [1.29, 1.82) is 0 Å². The first-order valence-corrected chi connectivity index (χ1v) is 5.85. The van der Waals surface area contributed by atoms with Crippen molar-refractivity contribution in [1.82, 2.24) is 0 Å². The van der Waals surface area contributed by atoms with Gasteiger partial charge in [-0.1, -0.05) is 30.3 Å². The van der Waals surface area contributed by atoms with Crippen molar-refractivity contribution in [2.45, 2.75) is 12.8 Å². The van der Waals surface area contributed by atoms with Gasteiger partial charge in [0.2, 0.25) is 0 Å². The standard InChI is InChI=1S/C16H17O/c1-3-4-5-7-13-8-6-9-14-10-11-15(17-2)12-16(13)14/h3-4,6,8-12H,1,5,7H2,2H3. The van der Waals surface area contributed by atoms with E-state index < -0.39 is 0 Å². The highest BCUT2D eigenvalue weighted by Gasteiger charge is 2.02. The van der Waals surface area contributed by atoms with Gasteiger partial charge in [-0.25, -0.2) is 0 Å². The quantitative estimate of drug-likeness (QED) is 0.694. The Morgan fingerprint density at radius 1 is 1.24 bits per heavy atom. The molecule has 0 N–H and O–H groups in total. The fraction of sp³-hybridized carbons (Fsp3) is 0.188. The Bertz CT molecular complexity index is 514. The van der Waals surface area contributed by atoms with E-state index in [1.165, 1.54) is 16.3 Å². The van der Waals surface area contributed by atoms with Crippen LogP contribution < -0.4 is 4.74 Å². The van der Waals surface area contributed by atoms with E-state index in [0.29, 0.717) is 0 Å². The van der Waals surface area contributed by atoms with Crippen molar-refractivity contribution in [3.8, 4) is 5.75 Å². The van der Waals surface area contributed by atoms with Crippen molar-refractivity contribution < 1.29 is 4.74 Å². The van der Waals surface area contributed by atoms with Gasteiger partial charge < -0.3 is 4.74 Å². The van der Waals surface area contributed by atoms with Crippen molar-refractivity contribution in [3.63, 3.8) is 0 Å². The molecule has 0 spiro atoms. The fourth-order valence-corrected chi connectivity index (χ4v) is 2.02. The predicted octanol–water partition coefficient (Wildman–Crippen LogP) is 4.17. The highest BCUT2D eigenvalue weighted by Crippen LogP contribution is 2.25. The highest BCUT2D eigenvalue weighted by atomic mass is 16.5. The molecule has 87 valence electrons. The molecule has 0 saturated heterocycles. The Morgan fingerprint density at radius 3 is 2.88 bits per heavy atom. The van der Waals surface area contributed by atoms with Gasteiger partial charge in [-0.15, -0.1) is 6.58 Å². The normalized spacial score (nSPS) is 10.4. The molecule has 0 fully saturated rings. The number of hydrogen-bond acceptors (Lipinski definition) is 1. The summed E-state index contributed by atoms with van der Waals surface area (Å²) in [5, 5.41) is 2.55. The molecular formula is C16H17O. The van der Waals surface area contributed by atoms with E-state index in [9.17, 15) is 0 Å². The van der Waals surface area contributed by atoms with Crippen LogP contribution >= 0.6 is 0 Å². The number of benzene rings is 2. The third-order valence-electron chi connectivity index (χ3n) is 2.93.